The molecule has 0 aliphatic heterocycles. The van der Waals surface area contributed by atoms with Gasteiger partial charge in [-0.2, -0.15) is 0 Å². The zero-order valence-corrected chi connectivity index (χ0v) is 16.0. The maximum Gasteiger partial charge on any atom is 0.271 e. The van der Waals surface area contributed by atoms with Crippen molar-refractivity contribution in [1.29, 1.82) is 0 Å². The van der Waals surface area contributed by atoms with Gasteiger partial charge in [-0.3, -0.25) is 14.6 Å². The average molecular weight is 380 g/mol. The Morgan fingerprint density at radius 1 is 1.19 bits per heavy atom. The molecule has 7 heteroatoms. The van der Waals surface area contributed by atoms with E-state index in [1.807, 2.05) is 43.3 Å². The number of hydrogen-bond donors (Lipinski definition) is 1. The first-order chi connectivity index (χ1) is 13.1. The van der Waals surface area contributed by atoms with Crippen molar-refractivity contribution in [3.8, 4) is 10.6 Å². The fraction of sp³-hybridized carbons (Fsp3) is 0.200. The second-order valence-electron chi connectivity index (χ2n) is 5.94. The normalized spacial score (nSPS) is 10.4. The van der Waals surface area contributed by atoms with E-state index in [-0.39, 0.29) is 11.8 Å². The number of thiazole rings is 1. The summed E-state index contributed by atoms with van der Waals surface area (Å²) >= 11 is 1.41. The van der Waals surface area contributed by atoms with E-state index in [2.05, 4.69) is 15.3 Å². The average Bonchev–Trinajstić information content (AvgIpc) is 3.22. The molecule has 2 heterocycles. The molecule has 27 heavy (non-hydrogen) atoms. The Balaban J connectivity index is 1.66. The molecule has 3 rings (SSSR count). The van der Waals surface area contributed by atoms with Crippen molar-refractivity contribution < 1.29 is 9.59 Å². The van der Waals surface area contributed by atoms with Gasteiger partial charge in [0.05, 0.1) is 0 Å². The Morgan fingerprint density at radius 3 is 2.63 bits per heavy atom. The fourth-order valence-corrected chi connectivity index (χ4v) is 3.30. The van der Waals surface area contributed by atoms with Crippen LogP contribution in [0, 0.1) is 0 Å². The Labute approximate surface area is 161 Å². The second-order valence-corrected chi connectivity index (χ2v) is 6.79. The molecule has 0 aliphatic rings. The Bertz CT molecular complexity index is 923. The van der Waals surface area contributed by atoms with Gasteiger partial charge in [0.25, 0.3) is 5.91 Å². The van der Waals surface area contributed by atoms with Crippen LogP contribution in [0.1, 0.15) is 29.4 Å². The van der Waals surface area contributed by atoms with Crippen molar-refractivity contribution in [1.82, 2.24) is 15.3 Å². The van der Waals surface area contributed by atoms with Crippen molar-refractivity contribution >= 4 is 28.8 Å². The maximum absolute atomic E-state index is 12.3. The van der Waals surface area contributed by atoms with E-state index in [9.17, 15) is 9.59 Å². The quantitative estimate of drug-likeness (QED) is 0.710. The van der Waals surface area contributed by atoms with E-state index in [1.165, 1.54) is 11.3 Å². The molecule has 0 saturated carbocycles. The van der Waals surface area contributed by atoms with Crippen LogP contribution in [-0.2, 0) is 11.3 Å². The lowest BCUT2D eigenvalue weighted by molar-refractivity contribution is -0.118. The molecule has 1 aromatic carbocycles. The molecular formula is C20H20N4O2S. The first-order valence-corrected chi connectivity index (χ1v) is 9.46. The number of nitrogens with zero attached hydrogens (tertiary/aromatic N) is 3. The summed E-state index contributed by atoms with van der Waals surface area (Å²) in [6.45, 7) is 2.25. The van der Waals surface area contributed by atoms with Crippen molar-refractivity contribution in [3.63, 3.8) is 0 Å². The van der Waals surface area contributed by atoms with Gasteiger partial charge in [-0.25, -0.2) is 4.98 Å². The number of benzene rings is 1. The van der Waals surface area contributed by atoms with E-state index in [0.717, 1.165) is 21.8 Å². The molecule has 3 aromatic rings. The number of nitrogens with one attached hydrogen (secondary N) is 1. The molecule has 0 radical (unpaired) electrons. The first kappa shape index (κ1) is 18.7. The molecule has 0 unspecified atom stereocenters. The van der Waals surface area contributed by atoms with Crippen LogP contribution in [0.15, 0.2) is 54.2 Å². The van der Waals surface area contributed by atoms with Gasteiger partial charge < -0.3 is 10.2 Å². The number of amides is 2. The summed E-state index contributed by atoms with van der Waals surface area (Å²) in [7, 11) is 1.76. The monoisotopic (exact) mass is 380 g/mol. The topological polar surface area (TPSA) is 75.2 Å². The summed E-state index contributed by atoms with van der Waals surface area (Å²) in [4.78, 5) is 34.1. The second kappa shape index (κ2) is 8.55. The molecule has 0 spiro atoms. The molecule has 0 aliphatic carbocycles. The lowest BCUT2D eigenvalue weighted by Gasteiger charge is -2.16. The van der Waals surface area contributed by atoms with Gasteiger partial charge >= 0.3 is 0 Å². The highest BCUT2D eigenvalue weighted by molar-refractivity contribution is 7.13. The third-order valence-electron chi connectivity index (χ3n) is 4.09. The van der Waals surface area contributed by atoms with Crippen molar-refractivity contribution in [3.05, 3.63) is 65.4 Å². The molecule has 0 fully saturated rings. The molecule has 6 nitrogen and oxygen atoms in total. The van der Waals surface area contributed by atoms with Crippen LogP contribution in [0.3, 0.4) is 0 Å². The number of carbonyl (C=O) groups is 2. The zero-order valence-electron chi connectivity index (χ0n) is 15.2. The van der Waals surface area contributed by atoms with Crippen LogP contribution in [-0.4, -0.2) is 28.8 Å². The van der Waals surface area contributed by atoms with E-state index < -0.39 is 0 Å². The van der Waals surface area contributed by atoms with Gasteiger partial charge in [0.1, 0.15) is 10.7 Å². The van der Waals surface area contributed by atoms with E-state index in [0.29, 0.717) is 18.7 Å². The van der Waals surface area contributed by atoms with Gasteiger partial charge in [-0.1, -0.05) is 13.0 Å². The summed E-state index contributed by atoms with van der Waals surface area (Å²) in [5.41, 5.74) is 3.06. The lowest BCUT2D eigenvalue weighted by atomic mass is 10.2. The SMILES string of the molecule is CCC(=O)N(C)c1ccc(-c2nc(C(=O)NCc3cccnc3)cs2)cc1. The van der Waals surface area contributed by atoms with E-state index in [4.69, 9.17) is 0 Å². The summed E-state index contributed by atoms with van der Waals surface area (Å²) < 4.78 is 0. The molecule has 2 amide bonds. The van der Waals surface area contributed by atoms with Crippen LogP contribution in [0.4, 0.5) is 5.69 Å². The minimum absolute atomic E-state index is 0.0598. The highest BCUT2D eigenvalue weighted by atomic mass is 32.1. The lowest BCUT2D eigenvalue weighted by Crippen LogP contribution is -2.24. The largest absolute Gasteiger partial charge is 0.347 e. The summed E-state index contributed by atoms with van der Waals surface area (Å²) in [5, 5.41) is 5.35. The first-order valence-electron chi connectivity index (χ1n) is 8.58. The van der Waals surface area contributed by atoms with Crippen molar-refractivity contribution in [2.75, 3.05) is 11.9 Å². The predicted molar refractivity (Wildman–Crippen MR) is 107 cm³/mol. The minimum Gasteiger partial charge on any atom is -0.347 e. The Hall–Kier alpha value is -3.06. The highest BCUT2D eigenvalue weighted by Crippen LogP contribution is 2.26. The smallest absolute Gasteiger partial charge is 0.271 e. The molecular weight excluding hydrogens is 360 g/mol. The van der Waals surface area contributed by atoms with E-state index >= 15 is 0 Å². The van der Waals surface area contributed by atoms with Gasteiger partial charge in [0.2, 0.25) is 5.91 Å². The number of pyridine rings is 1. The zero-order chi connectivity index (χ0) is 19.2. The number of anilines is 1. The number of carbonyl (C=O) groups excluding carboxylic acids is 2. The number of aromatic nitrogens is 2. The minimum atomic E-state index is -0.216. The van der Waals surface area contributed by atoms with Crippen LogP contribution in [0.5, 0.6) is 0 Å². The Morgan fingerprint density at radius 2 is 1.96 bits per heavy atom. The van der Waals surface area contributed by atoms with Crippen LogP contribution in [0.2, 0.25) is 0 Å². The van der Waals surface area contributed by atoms with Gasteiger partial charge in [-0.15, -0.1) is 11.3 Å². The van der Waals surface area contributed by atoms with Crippen LogP contribution in [0.25, 0.3) is 10.6 Å². The summed E-state index contributed by atoms with van der Waals surface area (Å²) in [6.07, 6.45) is 3.87. The predicted octanol–water partition coefficient (Wildman–Crippen LogP) is 3.51. The van der Waals surface area contributed by atoms with Gasteiger partial charge in [0, 0.05) is 49.0 Å². The summed E-state index contributed by atoms with van der Waals surface area (Å²) in [6, 6.07) is 11.3. The molecule has 0 saturated heterocycles. The standard InChI is InChI=1S/C20H20N4O2S/c1-3-18(25)24(2)16-8-6-15(7-9-16)20-23-17(13-27-20)19(26)22-12-14-5-4-10-21-11-14/h4-11,13H,3,12H2,1-2H3,(H,22,26). The molecule has 0 atom stereocenters. The third kappa shape index (κ3) is 4.57. The Kier molecular flexibility index (Phi) is 5.93. The van der Waals surface area contributed by atoms with Crippen LogP contribution >= 0.6 is 11.3 Å². The van der Waals surface area contributed by atoms with Crippen molar-refractivity contribution in [2.45, 2.75) is 19.9 Å². The molecule has 0 bridgehead atoms. The molecule has 1 N–H and O–H groups in total. The highest BCUT2D eigenvalue weighted by Gasteiger charge is 2.13. The fourth-order valence-electron chi connectivity index (χ4n) is 2.49. The van der Waals surface area contributed by atoms with Gasteiger partial charge in [-0.05, 0) is 35.9 Å². The molecule has 2 aromatic heterocycles. The van der Waals surface area contributed by atoms with Crippen molar-refractivity contribution in [2.24, 2.45) is 0 Å². The number of hydrogen-bond acceptors (Lipinski definition) is 5. The summed E-state index contributed by atoms with van der Waals surface area (Å²) in [5.74, 6) is -0.157. The molecule has 138 valence electrons. The van der Waals surface area contributed by atoms with E-state index in [1.54, 1.807) is 29.7 Å². The van der Waals surface area contributed by atoms with Gasteiger partial charge in [0.15, 0.2) is 0 Å². The third-order valence-corrected chi connectivity index (χ3v) is 4.98. The maximum atomic E-state index is 12.3. The number of rotatable bonds is 6. The van der Waals surface area contributed by atoms with Crippen LogP contribution < -0.4 is 10.2 Å².